The average Bonchev–Trinajstić information content (AvgIpc) is 3.25. The highest BCUT2D eigenvalue weighted by Gasteiger charge is 2.28. The molecule has 3 aromatic carbocycles. The van der Waals surface area contributed by atoms with Crippen LogP contribution in [-0.2, 0) is 6.42 Å². The van der Waals surface area contributed by atoms with E-state index < -0.39 is 0 Å². The van der Waals surface area contributed by atoms with Gasteiger partial charge in [0.05, 0.1) is 11.4 Å². The summed E-state index contributed by atoms with van der Waals surface area (Å²) in [5, 5.41) is 1.26. The molecule has 134 valence electrons. The molecule has 2 aliphatic rings. The summed E-state index contributed by atoms with van der Waals surface area (Å²) in [4.78, 5) is 8.78. The number of allylic oxidation sites excluding steroid dienone is 1. The number of nitrogens with one attached hydrogen (secondary N) is 1. The lowest BCUT2D eigenvalue weighted by Gasteiger charge is -2.09. The number of benzene rings is 3. The molecule has 0 fully saturated rings. The van der Waals surface area contributed by atoms with Gasteiger partial charge in [-0.2, -0.15) is 0 Å². The van der Waals surface area contributed by atoms with Gasteiger partial charge < -0.3 is 4.98 Å². The van der Waals surface area contributed by atoms with Crippen molar-refractivity contribution in [1.29, 1.82) is 0 Å². The third-order valence-electron chi connectivity index (χ3n) is 6.05. The van der Waals surface area contributed by atoms with E-state index in [1.165, 1.54) is 55.7 Å². The lowest BCUT2D eigenvalue weighted by molar-refractivity contribution is 1.17. The van der Waals surface area contributed by atoms with E-state index in [9.17, 15) is 0 Å². The molecule has 1 N–H and O–H groups in total. The van der Waals surface area contributed by atoms with Gasteiger partial charge >= 0.3 is 0 Å². The first-order chi connectivity index (χ1) is 13.8. The lowest BCUT2D eigenvalue weighted by Crippen LogP contribution is -2.01. The van der Waals surface area contributed by atoms with Crippen molar-refractivity contribution in [3.8, 4) is 0 Å². The number of hydrogen-bond acceptors (Lipinski definition) is 1. The molecule has 6 rings (SSSR count). The Bertz CT molecular complexity index is 1320. The highest BCUT2D eigenvalue weighted by Crippen LogP contribution is 2.43. The molecule has 4 aromatic rings. The molecule has 0 saturated carbocycles. The van der Waals surface area contributed by atoms with Gasteiger partial charge in [0, 0.05) is 34.1 Å². The number of hydrogen-bond donors (Lipinski definition) is 1. The number of para-hydroxylation sites is 1. The highest BCUT2D eigenvalue weighted by atomic mass is 14.8. The van der Waals surface area contributed by atoms with E-state index in [4.69, 9.17) is 4.99 Å². The lowest BCUT2D eigenvalue weighted by atomic mass is 9.93. The summed E-state index contributed by atoms with van der Waals surface area (Å²) in [6.45, 7) is 2.16. The molecular formula is C26H20N2. The standard InChI is InChI=1S/C26H20N2/c1-16-25(21-12-6-7-13-23(21)27-16)24-15-22-19-10-4-2-8-17(19)14-18-9-3-5-11-20(18)26(22)28-24/h2-13,27H,14-15H2,1H3. The first kappa shape index (κ1) is 15.6. The maximum absolute atomic E-state index is 5.24. The molecule has 0 spiro atoms. The SMILES string of the molecule is Cc1[nH]c2ccccc2c1C1=NC2=C(C1)c1ccccc1Cc1ccccc12. The summed E-state index contributed by atoms with van der Waals surface area (Å²) in [5.74, 6) is 0. The van der Waals surface area contributed by atoms with E-state index in [-0.39, 0.29) is 0 Å². The van der Waals surface area contributed by atoms with Crippen molar-refractivity contribution in [2.24, 2.45) is 4.99 Å². The number of rotatable bonds is 1. The van der Waals surface area contributed by atoms with Crippen LogP contribution in [0.5, 0.6) is 0 Å². The number of aryl methyl sites for hydroxylation is 1. The van der Waals surface area contributed by atoms with Crippen molar-refractivity contribution in [2.75, 3.05) is 0 Å². The van der Waals surface area contributed by atoms with Gasteiger partial charge in [0.15, 0.2) is 0 Å². The van der Waals surface area contributed by atoms with E-state index in [0.29, 0.717) is 0 Å². The minimum atomic E-state index is 0.878. The molecule has 0 amide bonds. The molecule has 1 aliphatic carbocycles. The minimum absolute atomic E-state index is 0.878. The quantitative estimate of drug-likeness (QED) is 0.422. The summed E-state index contributed by atoms with van der Waals surface area (Å²) in [5.41, 5.74) is 12.7. The molecule has 1 aromatic heterocycles. The summed E-state index contributed by atoms with van der Waals surface area (Å²) >= 11 is 0. The zero-order chi connectivity index (χ0) is 18.7. The van der Waals surface area contributed by atoms with E-state index in [1.807, 2.05) is 0 Å². The second-order valence-corrected chi connectivity index (χ2v) is 7.72. The zero-order valence-corrected chi connectivity index (χ0v) is 15.8. The number of fused-ring (bicyclic) bond motifs is 5. The molecule has 28 heavy (non-hydrogen) atoms. The maximum atomic E-state index is 5.24. The fourth-order valence-corrected chi connectivity index (χ4v) is 4.81. The Labute approximate surface area is 164 Å². The van der Waals surface area contributed by atoms with Crippen molar-refractivity contribution >= 4 is 27.9 Å². The Morgan fingerprint density at radius 3 is 2.29 bits per heavy atom. The van der Waals surface area contributed by atoms with Crippen LogP contribution in [0.3, 0.4) is 0 Å². The van der Waals surface area contributed by atoms with E-state index in [1.54, 1.807) is 0 Å². The van der Waals surface area contributed by atoms with Crippen LogP contribution >= 0.6 is 0 Å². The van der Waals surface area contributed by atoms with Crippen LogP contribution in [0.2, 0.25) is 0 Å². The fraction of sp³-hybridized carbons (Fsp3) is 0.115. The monoisotopic (exact) mass is 360 g/mol. The second kappa shape index (κ2) is 5.80. The van der Waals surface area contributed by atoms with Crippen molar-refractivity contribution in [2.45, 2.75) is 19.8 Å². The molecule has 0 atom stereocenters. The average molecular weight is 360 g/mol. The normalized spacial score (nSPS) is 15.1. The summed E-state index contributed by atoms with van der Waals surface area (Å²) in [6.07, 6.45) is 1.85. The summed E-state index contributed by atoms with van der Waals surface area (Å²) in [7, 11) is 0. The first-order valence-corrected chi connectivity index (χ1v) is 9.84. The van der Waals surface area contributed by atoms with Crippen LogP contribution in [0.4, 0.5) is 0 Å². The maximum Gasteiger partial charge on any atom is 0.0750 e. The molecule has 2 heteroatoms. The predicted octanol–water partition coefficient (Wildman–Crippen LogP) is 6.14. The fourth-order valence-electron chi connectivity index (χ4n) is 4.81. The molecule has 0 bridgehead atoms. The van der Waals surface area contributed by atoms with Gasteiger partial charge in [0.1, 0.15) is 0 Å². The number of aromatic nitrogens is 1. The number of nitrogens with zero attached hydrogens (tertiary/aromatic N) is 1. The first-order valence-electron chi connectivity index (χ1n) is 9.84. The van der Waals surface area contributed by atoms with E-state index in [2.05, 4.69) is 84.7 Å². The van der Waals surface area contributed by atoms with Crippen molar-refractivity contribution < 1.29 is 0 Å². The topological polar surface area (TPSA) is 28.1 Å². The second-order valence-electron chi connectivity index (χ2n) is 7.72. The van der Waals surface area contributed by atoms with Gasteiger partial charge in [-0.25, -0.2) is 0 Å². The van der Waals surface area contributed by atoms with Crippen LogP contribution in [0.1, 0.15) is 39.9 Å². The van der Waals surface area contributed by atoms with Crippen LogP contribution in [-0.4, -0.2) is 10.7 Å². The van der Waals surface area contributed by atoms with Crippen molar-refractivity contribution in [1.82, 2.24) is 4.98 Å². The molecule has 0 unspecified atom stereocenters. The molecule has 1 aliphatic heterocycles. The highest BCUT2D eigenvalue weighted by molar-refractivity contribution is 6.22. The third kappa shape index (κ3) is 2.18. The Balaban J connectivity index is 1.59. The van der Waals surface area contributed by atoms with Crippen molar-refractivity contribution in [3.05, 3.63) is 106 Å². The van der Waals surface area contributed by atoms with Gasteiger partial charge in [-0.1, -0.05) is 66.7 Å². The summed E-state index contributed by atoms with van der Waals surface area (Å²) in [6, 6.07) is 26.1. The van der Waals surface area contributed by atoms with Crippen LogP contribution in [0.25, 0.3) is 22.2 Å². The smallest absolute Gasteiger partial charge is 0.0750 e. The number of aromatic amines is 1. The Morgan fingerprint density at radius 1 is 0.750 bits per heavy atom. The largest absolute Gasteiger partial charge is 0.358 e. The van der Waals surface area contributed by atoms with Crippen LogP contribution in [0.15, 0.2) is 77.8 Å². The van der Waals surface area contributed by atoms with Gasteiger partial charge in [-0.05, 0) is 41.7 Å². The summed E-state index contributed by atoms with van der Waals surface area (Å²) < 4.78 is 0. The molecule has 0 saturated heterocycles. The van der Waals surface area contributed by atoms with E-state index in [0.717, 1.165) is 18.5 Å². The molecule has 0 radical (unpaired) electrons. The molecular weight excluding hydrogens is 340 g/mol. The predicted molar refractivity (Wildman–Crippen MR) is 117 cm³/mol. The van der Waals surface area contributed by atoms with E-state index >= 15 is 0 Å². The Kier molecular flexibility index (Phi) is 3.24. The van der Waals surface area contributed by atoms with Crippen LogP contribution < -0.4 is 0 Å². The number of H-pyrrole nitrogens is 1. The van der Waals surface area contributed by atoms with Crippen LogP contribution in [0, 0.1) is 6.92 Å². The third-order valence-corrected chi connectivity index (χ3v) is 6.05. The van der Waals surface area contributed by atoms with Gasteiger partial charge in [-0.15, -0.1) is 0 Å². The Hall–Kier alpha value is -3.39. The van der Waals surface area contributed by atoms with Crippen molar-refractivity contribution in [3.63, 3.8) is 0 Å². The Morgan fingerprint density at radius 2 is 1.43 bits per heavy atom. The van der Waals surface area contributed by atoms with Gasteiger partial charge in [0.2, 0.25) is 0 Å². The number of aliphatic imine (C=N–C) groups is 1. The molecule has 2 nitrogen and oxygen atoms in total. The van der Waals surface area contributed by atoms with Gasteiger partial charge in [-0.3, -0.25) is 4.99 Å². The zero-order valence-electron chi connectivity index (χ0n) is 15.8. The van der Waals surface area contributed by atoms with Gasteiger partial charge in [0.25, 0.3) is 0 Å². The molecule has 2 heterocycles. The minimum Gasteiger partial charge on any atom is -0.358 e.